The molecule has 1 unspecified atom stereocenters. The smallest absolute Gasteiger partial charge is 0.163 e. The van der Waals surface area contributed by atoms with Crippen LogP contribution in [0.1, 0.15) is 74.5 Å². The Hall–Kier alpha value is -3.09. The zero-order chi connectivity index (χ0) is 27.2. The molecule has 0 N–H and O–H groups in total. The van der Waals surface area contributed by atoms with Crippen molar-refractivity contribution in [1.29, 1.82) is 0 Å². The summed E-state index contributed by atoms with van der Waals surface area (Å²) in [5, 5.41) is 0. The Morgan fingerprint density at radius 3 is 2.31 bits per heavy atom. The number of hydrogen-bond acceptors (Lipinski definition) is 3. The van der Waals surface area contributed by atoms with Crippen molar-refractivity contribution in [3.8, 4) is 0 Å². The van der Waals surface area contributed by atoms with E-state index in [9.17, 15) is 8.78 Å². The molecule has 39 heavy (non-hydrogen) atoms. The highest BCUT2D eigenvalue weighted by Gasteiger charge is 2.24. The van der Waals surface area contributed by atoms with Gasteiger partial charge in [-0.05, 0) is 75.1 Å². The van der Waals surface area contributed by atoms with Gasteiger partial charge >= 0.3 is 0 Å². The van der Waals surface area contributed by atoms with Crippen LogP contribution in [0.2, 0.25) is 0 Å². The van der Waals surface area contributed by atoms with E-state index in [1.54, 1.807) is 12.1 Å². The van der Waals surface area contributed by atoms with Crippen LogP contribution in [0.25, 0.3) is 11.0 Å². The van der Waals surface area contributed by atoms with Crippen molar-refractivity contribution in [1.82, 2.24) is 19.4 Å². The lowest BCUT2D eigenvalue weighted by atomic mass is 10.0. The number of nitrogens with zero attached hydrogens (tertiary/aromatic N) is 4. The number of hydrogen-bond donors (Lipinski definition) is 0. The molecule has 6 heteroatoms. The number of para-hydroxylation sites is 2. The lowest BCUT2D eigenvalue weighted by Crippen LogP contribution is -2.31. The summed E-state index contributed by atoms with van der Waals surface area (Å²) in [5.41, 5.74) is 5.10. The van der Waals surface area contributed by atoms with Crippen LogP contribution in [0.5, 0.6) is 0 Å². The van der Waals surface area contributed by atoms with Gasteiger partial charge in [-0.25, -0.2) is 13.8 Å². The maximum atomic E-state index is 14.7. The summed E-state index contributed by atoms with van der Waals surface area (Å²) in [6, 6.07) is 21.4. The molecule has 1 fully saturated rings. The minimum absolute atomic E-state index is 0.0825. The van der Waals surface area contributed by atoms with E-state index in [1.807, 2.05) is 6.07 Å². The second-order valence-electron chi connectivity index (χ2n) is 10.9. The Balaban J connectivity index is 1.49. The van der Waals surface area contributed by atoms with Gasteiger partial charge in [-0.15, -0.1) is 0 Å². The molecule has 0 aliphatic carbocycles. The average Bonchev–Trinajstić information content (AvgIpc) is 3.33. The molecule has 3 aromatic carbocycles. The van der Waals surface area contributed by atoms with E-state index in [0.717, 1.165) is 62.4 Å². The van der Waals surface area contributed by atoms with Gasteiger partial charge in [-0.3, -0.25) is 9.80 Å². The number of halogens is 2. The number of unbranched alkanes of at least 4 members (excludes halogenated alkanes) is 1. The predicted octanol–water partition coefficient (Wildman–Crippen LogP) is 7.71. The first-order valence-electron chi connectivity index (χ1n) is 14.5. The van der Waals surface area contributed by atoms with E-state index in [1.165, 1.54) is 36.5 Å². The van der Waals surface area contributed by atoms with Gasteiger partial charge in [-0.2, -0.15) is 0 Å². The number of rotatable bonds is 11. The normalized spacial score (nSPS) is 15.3. The molecule has 206 valence electrons. The largest absolute Gasteiger partial charge is 0.322 e. The van der Waals surface area contributed by atoms with Crippen LogP contribution in [-0.4, -0.2) is 39.0 Å². The Morgan fingerprint density at radius 1 is 0.846 bits per heavy atom. The van der Waals surface area contributed by atoms with E-state index in [-0.39, 0.29) is 6.04 Å². The van der Waals surface area contributed by atoms with Crippen LogP contribution < -0.4 is 0 Å². The van der Waals surface area contributed by atoms with Crippen molar-refractivity contribution in [3.05, 3.63) is 101 Å². The van der Waals surface area contributed by atoms with E-state index < -0.39 is 11.6 Å². The number of fused-ring (bicyclic) bond motifs is 1. The van der Waals surface area contributed by atoms with Crippen LogP contribution in [0.4, 0.5) is 8.78 Å². The van der Waals surface area contributed by atoms with Crippen LogP contribution in [0.3, 0.4) is 0 Å². The molecule has 0 saturated carbocycles. The van der Waals surface area contributed by atoms with Crippen LogP contribution >= 0.6 is 0 Å². The van der Waals surface area contributed by atoms with Gasteiger partial charge in [0.05, 0.1) is 17.1 Å². The summed E-state index contributed by atoms with van der Waals surface area (Å²) in [5.74, 6) is -0.601. The van der Waals surface area contributed by atoms with Crippen LogP contribution in [0.15, 0.2) is 66.7 Å². The summed E-state index contributed by atoms with van der Waals surface area (Å²) < 4.78 is 31.1. The molecular formula is C33H40F2N4. The predicted molar refractivity (Wildman–Crippen MR) is 154 cm³/mol. The Kier molecular flexibility index (Phi) is 9.05. The molecule has 1 saturated heterocycles. The third-order valence-electron chi connectivity index (χ3n) is 8.10. The van der Waals surface area contributed by atoms with Crippen molar-refractivity contribution < 1.29 is 8.78 Å². The van der Waals surface area contributed by atoms with Crippen molar-refractivity contribution in [2.75, 3.05) is 19.6 Å². The molecule has 4 nitrogen and oxygen atoms in total. The standard InChI is InChI=1S/C33H40F2N4/c1-3-4-21-38(23-28-15-12-16-29(34)32(28)35)25(2)33-36-30-17-8-9-18-31(30)39(33)24-27-14-7-6-13-26(27)22-37-19-10-5-11-20-37/h6-9,12-18,25H,3-5,10-11,19-24H2,1-2H3. The highest BCUT2D eigenvalue weighted by Crippen LogP contribution is 2.29. The third kappa shape index (κ3) is 6.39. The first kappa shape index (κ1) is 27.5. The fourth-order valence-corrected chi connectivity index (χ4v) is 5.80. The molecule has 1 aromatic heterocycles. The first-order chi connectivity index (χ1) is 19.0. The highest BCUT2D eigenvalue weighted by molar-refractivity contribution is 5.76. The Morgan fingerprint density at radius 2 is 1.54 bits per heavy atom. The summed E-state index contributed by atoms with van der Waals surface area (Å²) in [6.45, 7) is 9.42. The molecule has 0 radical (unpaired) electrons. The summed E-state index contributed by atoms with van der Waals surface area (Å²) in [7, 11) is 0. The van der Waals surface area contributed by atoms with Crippen molar-refractivity contribution >= 4 is 11.0 Å². The van der Waals surface area contributed by atoms with Crippen LogP contribution in [-0.2, 0) is 19.6 Å². The summed E-state index contributed by atoms with van der Waals surface area (Å²) >= 11 is 0. The van der Waals surface area contributed by atoms with Gasteiger partial charge in [0.15, 0.2) is 11.6 Å². The molecule has 0 amide bonds. The Bertz CT molecular complexity index is 1380. The molecule has 0 bridgehead atoms. The number of piperidine rings is 1. The van der Waals surface area contributed by atoms with Gasteiger partial charge < -0.3 is 4.57 Å². The summed E-state index contributed by atoms with van der Waals surface area (Å²) in [4.78, 5) is 9.91. The monoisotopic (exact) mass is 530 g/mol. The SMILES string of the molecule is CCCCN(Cc1cccc(F)c1F)C(C)c1nc2ccccc2n1Cc1ccccc1CN1CCCCC1. The van der Waals surface area contributed by atoms with Gasteiger partial charge in [0.1, 0.15) is 5.82 Å². The lowest BCUT2D eigenvalue weighted by molar-refractivity contribution is 0.185. The molecule has 1 atom stereocenters. The van der Waals surface area contributed by atoms with Gasteiger partial charge in [0.25, 0.3) is 0 Å². The molecule has 0 spiro atoms. The van der Waals surface area contributed by atoms with Crippen molar-refractivity contribution in [3.63, 3.8) is 0 Å². The number of imidazole rings is 1. The second kappa shape index (κ2) is 12.8. The zero-order valence-corrected chi connectivity index (χ0v) is 23.3. The van der Waals surface area contributed by atoms with Gasteiger partial charge in [0, 0.05) is 25.2 Å². The molecular weight excluding hydrogens is 490 g/mol. The number of likely N-dealkylation sites (tertiary alicyclic amines) is 1. The number of benzene rings is 3. The van der Waals surface area contributed by atoms with E-state index in [2.05, 4.69) is 70.7 Å². The maximum absolute atomic E-state index is 14.7. The van der Waals surface area contributed by atoms with Crippen LogP contribution in [0, 0.1) is 11.6 Å². The molecule has 4 aromatic rings. The number of aromatic nitrogens is 2. The van der Waals surface area contributed by atoms with E-state index >= 15 is 0 Å². The zero-order valence-electron chi connectivity index (χ0n) is 23.3. The maximum Gasteiger partial charge on any atom is 0.163 e. The molecule has 2 heterocycles. The lowest BCUT2D eigenvalue weighted by Gasteiger charge is -2.30. The highest BCUT2D eigenvalue weighted by atomic mass is 19.2. The van der Waals surface area contributed by atoms with E-state index in [4.69, 9.17) is 4.98 Å². The minimum atomic E-state index is -0.798. The second-order valence-corrected chi connectivity index (χ2v) is 10.9. The Labute approximate surface area is 231 Å². The molecule has 1 aliphatic heterocycles. The van der Waals surface area contributed by atoms with Crippen molar-refractivity contribution in [2.24, 2.45) is 0 Å². The third-order valence-corrected chi connectivity index (χ3v) is 8.10. The first-order valence-corrected chi connectivity index (χ1v) is 14.5. The quantitative estimate of drug-likeness (QED) is 0.198. The fraction of sp³-hybridized carbons (Fsp3) is 0.424. The topological polar surface area (TPSA) is 24.3 Å². The van der Waals surface area contributed by atoms with E-state index in [0.29, 0.717) is 12.1 Å². The van der Waals surface area contributed by atoms with Crippen molar-refractivity contribution in [2.45, 2.75) is 71.6 Å². The minimum Gasteiger partial charge on any atom is -0.322 e. The summed E-state index contributed by atoms with van der Waals surface area (Å²) in [6.07, 6.45) is 5.87. The average molecular weight is 531 g/mol. The van der Waals surface area contributed by atoms with Gasteiger partial charge in [0.2, 0.25) is 0 Å². The fourth-order valence-electron chi connectivity index (χ4n) is 5.80. The van der Waals surface area contributed by atoms with Gasteiger partial charge in [-0.1, -0.05) is 68.3 Å². The molecule has 5 rings (SSSR count). The molecule has 1 aliphatic rings.